The summed E-state index contributed by atoms with van der Waals surface area (Å²) in [5.41, 5.74) is -11.0. The van der Waals surface area contributed by atoms with Crippen LogP contribution in [0.25, 0.3) is 11.1 Å². The van der Waals surface area contributed by atoms with E-state index >= 15 is 0 Å². The van der Waals surface area contributed by atoms with Crippen LogP contribution >= 0.6 is 11.6 Å². The van der Waals surface area contributed by atoms with E-state index in [1.54, 1.807) is 0 Å². The Kier molecular flexibility index (Phi) is 10.3. The van der Waals surface area contributed by atoms with E-state index in [4.69, 9.17) is 11.6 Å². The van der Waals surface area contributed by atoms with Crippen molar-refractivity contribution in [2.45, 2.75) is 68.6 Å². The van der Waals surface area contributed by atoms with Gasteiger partial charge in [-0.1, -0.05) is 6.92 Å². The maximum absolute atomic E-state index is 14.6. The number of benzene rings is 2. The predicted octanol–water partition coefficient (Wildman–Crippen LogP) is 10.4. The second-order valence-corrected chi connectivity index (χ2v) is 9.82. The molecule has 0 atom stereocenters. The van der Waals surface area contributed by atoms with Gasteiger partial charge in [-0.25, -0.2) is 79.0 Å². The summed E-state index contributed by atoms with van der Waals surface area (Å²) in [4.78, 5) is 11.0. The van der Waals surface area contributed by atoms with Crippen molar-refractivity contribution < 1.29 is 83.8 Å². The molecule has 0 saturated heterocycles. The average Bonchev–Trinajstić information content (AvgIpc) is 2.80. The van der Waals surface area contributed by atoms with E-state index in [1.807, 2.05) is 0 Å². The minimum absolute atomic E-state index is 0.670. The van der Waals surface area contributed by atoms with Crippen LogP contribution in [-0.4, -0.2) is 28.9 Å². The molecule has 0 aliphatic carbocycles. The number of halogens is 19. The fourth-order valence-electron chi connectivity index (χ4n) is 4.06. The third-order valence-corrected chi connectivity index (χ3v) is 6.08. The highest BCUT2D eigenvalue weighted by Crippen LogP contribution is 2.49. The number of carbonyl (C=O) groups is 1. The second kappa shape index (κ2) is 12.2. The van der Waals surface area contributed by atoms with Gasteiger partial charge in [0, 0.05) is 6.42 Å². The smallest absolute Gasteiger partial charge is 0.275 e. The van der Waals surface area contributed by atoms with Crippen molar-refractivity contribution in [3.8, 4) is 11.1 Å². The van der Waals surface area contributed by atoms with Gasteiger partial charge in [0.25, 0.3) is 34.9 Å². The quantitative estimate of drug-likeness (QED) is 0.123. The molecule has 0 radical (unpaired) electrons. The molecule has 1 nitrogen and oxygen atoms in total. The lowest BCUT2D eigenvalue weighted by molar-refractivity contribution is -0.194. The van der Waals surface area contributed by atoms with E-state index in [1.165, 1.54) is 0 Å². The van der Waals surface area contributed by atoms with Crippen molar-refractivity contribution in [1.82, 2.24) is 0 Å². The second-order valence-electron chi connectivity index (χ2n) is 9.47. The average molecular weight is 695 g/mol. The largest absolute Gasteiger partial charge is 0.284 e. The highest BCUT2D eigenvalue weighted by Gasteiger charge is 2.56. The maximum atomic E-state index is 14.6. The molecule has 0 aliphatic heterocycles. The summed E-state index contributed by atoms with van der Waals surface area (Å²) in [6.45, 7) is 0.670. The summed E-state index contributed by atoms with van der Waals surface area (Å²) in [7, 11) is 0. The van der Waals surface area contributed by atoms with Gasteiger partial charge in [0.1, 0.15) is 5.56 Å². The standard InChI is InChI=1S/C24H13ClF18O/c1-2-20(34,35)3-21(36,37)4-22(38,39)5-23(40,41)6-24(42,43)10-17(32)13(28)8(14(29)18(10)33)7-11(26)15(30)9(19(25)44)16(31)12(7)27/h2-6H2,1H3. The predicted molar refractivity (Wildman–Crippen MR) is 114 cm³/mol. The van der Waals surface area contributed by atoms with E-state index in [9.17, 15) is 83.8 Å². The molecule has 20 heteroatoms. The van der Waals surface area contributed by atoms with Crippen molar-refractivity contribution in [2.75, 3.05) is 0 Å². The molecule has 0 saturated carbocycles. The lowest BCUT2D eigenvalue weighted by Crippen LogP contribution is -2.40. The maximum Gasteiger partial charge on any atom is 0.284 e. The first kappa shape index (κ1) is 37.3. The molecule has 44 heavy (non-hydrogen) atoms. The van der Waals surface area contributed by atoms with Crippen LogP contribution in [0.2, 0.25) is 0 Å². The molecule has 0 unspecified atom stereocenters. The lowest BCUT2D eigenvalue weighted by atomic mass is 9.91. The normalized spacial score (nSPS) is 13.5. The number of carbonyl (C=O) groups excluding carboxylic acids is 1. The van der Waals surface area contributed by atoms with Crippen LogP contribution in [0.1, 0.15) is 54.9 Å². The Morgan fingerprint density at radius 2 is 0.795 bits per heavy atom. The molecule has 0 aromatic heterocycles. The Hall–Kier alpha value is -2.86. The van der Waals surface area contributed by atoms with Gasteiger partial charge in [0.15, 0.2) is 46.5 Å². The molecule has 0 amide bonds. The third kappa shape index (κ3) is 7.67. The molecular formula is C24H13ClF18O. The monoisotopic (exact) mass is 694 g/mol. The minimum atomic E-state index is -5.94. The van der Waals surface area contributed by atoms with Crippen molar-refractivity contribution in [3.05, 3.63) is 57.7 Å². The summed E-state index contributed by atoms with van der Waals surface area (Å²) in [5, 5.41) is -2.23. The van der Waals surface area contributed by atoms with Crippen LogP contribution in [-0.2, 0) is 5.92 Å². The van der Waals surface area contributed by atoms with E-state index in [0.29, 0.717) is 6.92 Å². The van der Waals surface area contributed by atoms with E-state index in [2.05, 4.69) is 0 Å². The number of hydrogen-bond donors (Lipinski definition) is 0. The molecule has 2 rings (SSSR count). The Morgan fingerprint density at radius 3 is 1.11 bits per heavy atom. The van der Waals surface area contributed by atoms with Crippen LogP contribution in [0.15, 0.2) is 0 Å². The first-order valence-electron chi connectivity index (χ1n) is 11.4. The molecule has 2 aromatic rings. The van der Waals surface area contributed by atoms with E-state index in [-0.39, 0.29) is 0 Å². The SMILES string of the molecule is CCC(F)(F)CC(F)(F)CC(F)(F)CC(F)(F)CC(F)(F)c1c(F)c(F)c(-c2c(F)c(F)c(C(=O)Cl)c(F)c2F)c(F)c1F. The number of rotatable bonds is 12. The van der Waals surface area contributed by atoms with Crippen LogP contribution in [0, 0.1) is 46.5 Å². The van der Waals surface area contributed by atoms with Gasteiger partial charge >= 0.3 is 0 Å². The first-order valence-corrected chi connectivity index (χ1v) is 11.8. The van der Waals surface area contributed by atoms with Crippen molar-refractivity contribution >= 4 is 16.8 Å². The van der Waals surface area contributed by atoms with Crippen molar-refractivity contribution in [1.29, 1.82) is 0 Å². The molecule has 248 valence electrons. The summed E-state index contributed by atoms with van der Waals surface area (Å²) in [6, 6.07) is 0. The molecule has 0 heterocycles. The first-order chi connectivity index (χ1) is 19.6. The summed E-state index contributed by atoms with van der Waals surface area (Å²) in [5.74, 6) is -51.1. The molecule has 0 spiro atoms. The molecule has 0 fully saturated rings. The molecule has 0 bridgehead atoms. The van der Waals surface area contributed by atoms with Crippen LogP contribution in [0.5, 0.6) is 0 Å². The van der Waals surface area contributed by atoms with Gasteiger partial charge in [-0.2, -0.15) is 0 Å². The van der Waals surface area contributed by atoms with Gasteiger partial charge in [0.05, 0.1) is 42.4 Å². The van der Waals surface area contributed by atoms with Crippen molar-refractivity contribution in [2.24, 2.45) is 0 Å². The zero-order valence-electron chi connectivity index (χ0n) is 21.1. The zero-order chi connectivity index (χ0) is 34.5. The van der Waals surface area contributed by atoms with Crippen LogP contribution in [0.4, 0.5) is 79.0 Å². The highest BCUT2D eigenvalue weighted by molar-refractivity contribution is 6.67. The van der Waals surface area contributed by atoms with E-state index < -0.39 is 136 Å². The summed E-state index contributed by atoms with van der Waals surface area (Å²) < 4.78 is 254. The zero-order valence-corrected chi connectivity index (χ0v) is 21.9. The van der Waals surface area contributed by atoms with E-state index in [0.717, 1.165) is 0 Å². The molecule has 0 N–H and O–H groups in total. The van der Waals surface area contributed by atoms with Gasteiger partial charge in [-0.05, 0) is 11.6 Å². The number of hydrogen-bond acceptors (Lipinski definition) is 1. The summed E-state index contributed by atoms with van der Waals surface area (Å²) >= 11 is 4.72. The molecule has 2 aromatic carbocycles. The van der Waals surface area contributed by atoms with Crippen molar-refractivity contribution in [3.63, 3.8) is 0 Å². The van der Waals surface area contributed by atoms with Gasteiger partial charge < -0.3 is 0 Å². The van der Waals surface area contributed by atoms with Gasteiger partial charge in [-0.15, -0.1) is 0 Å². The number of alkyl halides is 10. The Balaban J connectivity index is 2.57. The topological polar surface area (TPSA) is 17.1 Å². The minimum Gasteiger partial charge on any atom is -0.275 e. The Bertz CT molecular complexity index is 1390. The lowest BCUT2D eigenvalue weighted by Gasteiger charge is -2.30. The fourth-order valence-corrected chi connectivity index (χ4v) is 4.22. The van der Waals surface area contributed by atoms with Gasteiger partial charge in [-0.3, -0.25) is 4.79 Å². The van der Waals surface area contributed by atoms with Crippen LogP contribution in [0.3, 0.4) is 0 Å². The highest BCUT2D eigenvalue weighted by atomic mass is 35.5. The molecular weight excluding hydrogens is 682 g/mol. The Labute approximate surface area is 238 Å². The third-order valence-electron chi connectivity index (χ3n) is 5.89. The Morgan fingerprint density at radius 1 is 0.500 bits per heavy atom. The fraction of sp³-hybridized carbons (Fsp3) is 0.458. The van der Waals surface area contributed by atoms with Crippen LogP contribution < -0.4 is 0 Å². The summed E-state index contributed by atoms with van der Waals surface area (Å²) in [6.07, 6.45) is -13.7. The molecule has 0 aliphatic rings. The van der Waals surface area contributed by atoms with Gasteiger partial charge in [0.2, 0.25) is 0 Å².